The van der Waals surface area contributed by atoms with Gasteiger partial charge in [-0.05, 0) is 45.4 Å². The second-order valence-corrected chi connectivity index (χ2v) is 6.58. The first-order valence-corrected chi connectivity index (χ1v) is 7.33. The summed E-state index contributed by atoms with van der Waals surface area (Å²) in [5.41, 5.74) is 3.90. The number of nitrogens with one attached hydrogen (secondary N) is 2. The van der Waals surface area contributed by atoms with Gasteiger partial charge in [0.2, 0.25) is 0 Å². The lowest BCUT2D eigenvalue weighted by Crippen LogP contribution is -2.27. The molecule has 0 bridgehead atoms. The van der Waals surface area contributed by atoms with Gasteiger partial charge in [0, 0.05) is 11.2 Å². The topological polar surface area (TPSA) is 54.0 Å². The van der Waals surface area contributed by atoms with Gasteiger partial charge in [0.05, 0.1) is 5.51 Å². The van der Waals surface area contributed by atoms with Crippen molar-refractivity contribution >= 4 is 27.9 Å². The lowest BCUT2D eigenvalue weighted by atomic mass is 10.1. The third-order valence-corrected chi connectivity index (χ3v) is 3.29. The second kappa shape index (κ2) is 5.63. The van der Waals surface area contributed by atoms with Crippen molar-refractivity contribution in [3.8, 4) is 0 Å². The fourth-order valence-corrected chi connectivity index (χ4v) is 2.64. The molecule has 2 aromatic rings. The Kier molecular flexibility index (Phi) is 4.09. The summed E-state index contributed by atoms with van der Waals surface area (Å²) in [6, 6.07) is 7.71. The van der Waals surface area contributed by atoms with Gasteiger partial charge in [-0.1, -0.05) is 12.1 Å². The smallest absolute Gasteiger partial charge is 0.277 e. The van der Waals surface area contributed by atoms with Gasteiger partial charge in [0.15, 0.2) is 5.69 Å². The molecule has 0 fully saturated rings. The Bertz CT molecular complexity index is 614. The van der Waals surface area contributed by atoms with E-state index < -0.39 is 0 Å². The van der Waals surface area contributed by atoms with Crippen molar-refractivity contribution in [2.45, 2.75) is 33.2 Å². The maximum Gasteiger partial charge on any atom is 0.277 e. The Morgan fingerprint density at radius 1 is 1.30 bits per heavy atom. The number of hydrogen-bond acceptors (Lipinski definition) is 4. The summed E-state index contributed by atoms with van der Waals surface area (Å²) >= 11 is 1.44. The number of thiazole rings is 1. The molecule has 1 heterocycles. The minimum absolute atomic E-state index is 0.106. The van der Waals surface area contributed by atoms with E-state index in [4.69, 9.17) is 0 Å². The quantitative estimate of drug-likeness (QED) is 0.900. The van der Waals surface area contributed by atoms with Crippen LogP contribution in [-0.4, -0.2) is 16.4 Å². The molecule has 0 spiro atoms. The van der Waals surface area contributed by atoms with E-state index in [-0.39, 0.29) is 11.4 Å². The average molecular weight is 289 g/mol. The number of hydrogen-bond donors (Lipinski definition) is 2. The molecule has 5 heteroatoms. The van der Waals surface area contributed by atoms with Crippen molar-refractivity contribution in [3.05, 3.63) is 41.0 Å². The van der Waals surface area contributed by atoms with E-state index in [1.807, 2.05) is 31.2 Å². The van der Waals surface area contributed by atoms with Gasteiger partial charge in [0.1, 0.15) is 5.00 Å². The summed E-state index contributed by atoms with van der Waals surface area (Å²) in [6.45, 7) is 8.14. The van der Waals surface area contributed by atoms with Crippen LogP contribution in [0.25, 0.3) is 0 Å². The summed E-state index contributed by atoms with van der Waals surface area (Å²) < 4.78 is 0. The first kappa shape index (κ1) is 14.5. The average Bonchev–Trinajstić information content (AvgIpc) is 2.74. The van der Waals surface area contributed by atoms with E-state index in [2.05, 4.69) is 36.4 Å². The SMILES string of the molecule is Cc1cccc(NC(=O)c2ncsc2NC(C)(C)C)c1. The number of aryl methyl sites for hydroxylation is 1. The minimum Gasteiger partial charge on any atom is -0.370 e. The van der Waals surface area contributed by atoms with Crippen molar-refractivity contribution in [2.24, 2.45) is 0 Å². The molecule has 2 rings (SSSR count). The fraction of sp³-hybridized carbons (Fsp3) is 0.333. The van der Waals surface area contributed by atoms with Crippen LogP contribution in [0.4, 0.5) is 10.7 Å². The lowest BCUT2D eigenvalue weighted by Gasteiger charge is -2.21. The van der Waals surface area contributed by atoms with Crippen LogP contribution in [0, 0.1) is 6.92 Å². The zero-order valence-corrected chi connectivity index (χ0v) is 13.0. The highest BCUT2D eigenvalue weighted by Gasteiger charge is 2.19. The first-order valence-electron chi connectivity index (χ1n) is 6.45. The van der Waals surface area contributed by atoms with Crippen molar-refractivity contribution < 1.29 is 4.79 Å². The standard InChI is InChI=1S/C15H19N3OS/c1-10-6-5-7-11(8-10)17-13(19)12-14(20-9-16-12)18-15(2,3)4/h5-9,18H,1-4H3,(H,17,19). The minimum atomic E-state index is -0.191. The molecule has 4 nitrogen and oxygen atoms in total. The molecule has 1 aromatic carbocycles. The number of rotatable bonds is 3. The maximum absolute atomic E-state index is 12.3. The van der Waals surface area contributed by atoms with Gasteiger partial charge < -0.3 is 10.6 Å². The van der Waals surface area contributed by atoms with Crippen molar-refractivity contribution in [2.75, 3.05) is 10.6 Å². The van der Waals surface area contributed by atoms with Crippen LogP contribution in [0.1, 0.15) is 36.8 Å². The highest BCUT2D eigenvalue weighted by atomic mass is 32.1. The number of aromatic nitrogens is 1. The summed E-state index contributed by atoms with van der Waals surface area (Å²) in [5, 5.41) is 6.97. The van der Waals surface area contributed by atoms with E-state index in [0.717, 1.165) is 16.3 Å². The van der Waals surface area contributed by atoms with Gasteiger partial charge in [-0.15, -0.1) is 11.3 Å². The van der Waals surface area contributed by atoms with E-state index in [1.54, 1.807) is 5.51 Å². The normalized spacial score (nSPS) is 11.2. The number of carbonyl (C=O) groups excluding carboxylic acids is 1. The molecule has 1 aromatic heterocycles. The van der Waals surface area contributed by atoms with Crippen LogP contribution >= 0.6 is 11.3 Å². The fourth-order valence-electron chi connectivity index (χ4n) is 1.75. The molecule has 1 amide bonds. The molecule has 0 aliphatic heterocycles. The lowest BCUT2D eigenvalue weighted by molar-refractivity contribution is 0.102. The maximum atomic E-state index is 12.3. The third-order valence-electron chi connectivity index (χ3n) is 2.55. The molecule has 0 saturated heterocycles. The molecule has 2 N–H and O–H groups in total. The Morgan fingerprint density at radius 3 is 2.70 bits per heavy atom. The Hall–Kier alpha value is -1.88. The molecule has 0 atom stereocenters. The molecule has 0 aliphatic carbocycles. The highest BCUT2D eigenvalue weighted by Crippen LogP contribution is 2.25. The molecule has 0 saturated carbocycles. The van der Waals surface area contributed by atoms with Crippen molar-refractivity contribution in [3.63, 3.8) is 0 Å². The Morgan fingerprint density at radius 2 is 2.05 bits per heavy atom. The van der Waals surface area contributed by atoms with Gasteiger partial charge in [-0.25, -0.2) is 4.98 Å². The van der Waals surface area contributed by atoms with E-state index in [1.165, 1.54) is 11.3 Å². The number of amides is 1. The van der Waals surface area contributed by atoms with Crippen molar-refractivity contribution in [1.82, 2.24) is 4.98 Å². The van der Waals surface area contributed by atoms with Crippen LogP contribution in [0.3, 0.4) is 0 Å². The Labute approximate surface area is 123 Å². The van der Waals surface area contributed by atoms with E-state index in [9.17, 15) is 4.79 Å². The largest absolute Gasteiger partial charge is 0.370 e. The highest BCUT2D eigenvalue weighted by molar-refractivity contribution is 7.14. The number of nitrogens with zero attached hydrogens (tertiary/aromatic N) is 1. The zero-order chi connectivity index (χ0) is 14.8. The number of carbonyl (C=O) groups is 1. The van der Waals surface area contributed by atoms with Gasteiger partial charge >= 0.3 is 0 Å². The van der Waals surface area contributed by atoms with Crippen LogP contribution in [0.5, 0.6) is 0 Å². The number of benzene rings is 1. The summed E-state index contributed by atoms with van der Waals surface area (Å²) in [6.07, 6.45) is 0. The molecule has 0 unspecified atom stereocenters. The van der Waals surface area contributed by atoms with Crippen LogP contribution < -0.4 is 10.6 Å². The monoisotopic (exact) mass is 289 g/mol. The van der Waals surface area contributed by atoms with Crippen LogP contribution in [0.15, 0.2) is 29.8 Å². The third kappa shape index (κ3) is 3.81. The molecular formula is C15H19N3OS. The van der Waals surface area contributed by atoms with Gasteiger partial charge in [-0.3, -0.25) is 4.79 Å². The van der Waals surface area contributed by atoms with Crippen LogP contribution in [-0.2, 0) is 0 Å². The zero-order valence-electron chi connectivity index (χ0n) is 12.2. The van der Waals surface area contributed by atoms with Crippen LogP contribution in [0.2, 0.25) is 0 Å². The summed E-state index contributed by atoms with van der Waals surface area (Å²) in [5.74, 6) is -0.191. The first-order chi connectivity index (χ1) is 9.35. The molecule has 0 radical (unpaired) electrons. The number of anilines is 2. The molecule has 0 aliphatic rings. The van der Waals surface area contributed by atoms with E-state index in [0.29, 0.717) is 5.69 Å². The molecule has 106 valence electrons. The second-order valence-electron chi connectivity index (χ2n) is 5.73. The predicted octanol–water partition coefficient (Wildman–Crippen LogP) is 3.91. The predicted molar refractivity (Wildman–Crippen MR) is 84.6 cm³/mol. The Balaban J connectivity index is 2.16. The van der Waals surface area contributed by atoms with E-state index >= 15 is 0 Å². The molecular weight excluding hydrogens is 270 g/mol. The summed E-state index contributed by atoms with van der Waals surface area (Å²) in [7, 11) is 0. The van der Waals surface area contributed by atoms with Gasteiger partial charge in [-0.2, -0.15) is 0 Å². The summed E-state index contributed by atoms with van der Waals surface area (Å²) in [4.78, 5) is 16.4. The van der Waals surface area contributed by atoms with Crippen molar-refractivity contribution in [1.29, 1.82) is 0 Å². The molecule has 20 heavy (non-hydrogen) atoms. The van der Waals surface area contributed by atoms with Gasteiger partial charge in [0.25, 0.3) is 5.91 Å².